The molecule has 1 spiro atoms. The molecule has 1 aromatic carbocycles. The molecule has 1 atom stereocenters. The van der Waals surface area contributed by atoms with E-state index in [0.29, 0.717) is 12.2 Å². The molecular formula is C15H18O2. The minimum Gasteiger partial charge on any atom is -0.359 e. The lowest BCUT2D eigenvalue weighted by atomic mass is 9.82. The second kappa shape index (κ2) is 4.26. The highest BCUT2D eigenvalue weighted by Crippen LogP contribution is 2.44. The highest BCUT2D eigenvalue weighted by atomic mass is 16.5. The third-order valence-electron chi connectivity index (χ3n) is 4.08. The van der Waals surface area contributed by atoms with Crippen LogP contribution in [0, 0.1) is 0 Å². The lowest BCUT2D eigenvalue weighted by Crippen LogP contribution is -2.37. The van der Waals surface area contributed by atoms with E-state index in [1.807, 2.05) is 18.2 Å². The molecule has 0 radical (unpaired) electrons. The third-order valence-corrected chi connectivity index (χ3v) is 4.08. The van der Waals surface area contributed by atoms with E-state index in [4.69, 9.17) is 4.74 Å². The van der Waals surface area contributed by atoms with Crippen molar-refractivity contribution >= 4 is 5.78 Å². The minimum atomic E-state index is -0.432. The van der Waals surface area contributed by atoms with Gasteiger partial charge in [-0.3, -0.25) is 4.79 Å². The van der Waals surface area contributed by atoms with Crippen LogP contribution in [-0.2, 0) is 9.53 Å². The zero-order chi connectivity index (χ0) is 11.7. The molecule has 0 bridgehead atoms. The SMILES string of the molecule is O=C1C[C@@H](c2ccccc2)OC12CCCCC2. The fraction of sp³-hybridized carbons (Fsp3) is 0.533. The van der Waals surface area contributed by atoms with Crippen LogP contribution in [0.3, 0.4) is 0 Å². The van der Waals surface area contributed by atoms with Crippen molar-refractivity contribution in [3.8, 4) is 0 Å². The van der Waals surface area contributed by atoms with Gasteiger partial charge in [0.25, 0.3) is 0 Å². The van der Waals surface area contributed by atoms with E-state index >= 15 is 0 Å². The highest BCUT2D eigenvalue weighted by Gasteiger charge is 2.48. The normalized spacial score (nSPS) is 27.5. The van der Waals surface area contributed by atoms with Crippen molar-refractivity contribution in [2.75, 3.05) is 0 Å². The molecular weight excluding hydrogens is 212 g/mol. The van der Waals surface area contributed by atoms with Crippen molar-refractivity contribution in [3.63, 3.8) is 0 Å². The van der Waals surface area contributed by atoms with E-state index in [9.17, 15) is 4.79 Å². The molecule has 0 N–H and O–H groups in total. The molecule has 0 amide bonds. The summed E-state index contributed by atoms with van der Waals surface area (Å²) in [6.45, 7) is 0. The molecule has 1 heterocycles. The van der Waals surface area contributed by atoms with Crippen LogP contribution < -0.4 is 0 Å². The quantitative estimate of drug-likeness (QED) is 0.739. The first-order valence-electron chi connectivity index (χ1n) is 6.56. The zero-order valence-electron chi connectivity index (χ0n) is 10.0. The predicted octanol–water partition coefficient (Wildman–Crippen LogP) is 3.42. The average molecular weight is 230 g/mol. The van der Waals surface area contributed by atoms with Crippen LogP contribution in [0.5, 0.6) is 0 Å². The first-order chi connectivity index (χ1) is 8.30. The number of benzene rings is 1. The molecule has 1 aromatic rings. The Labute approximate surface area is 102 Å². The summed E-state index contributed by atoms with van der Waals surface area (Å²) < 4.78 is 6.14. The van der Waals surface area contributed by atoms with Gasteiger partial charge in [-0.05, 0) is 18.4 Å². The zero-order valence-corrected chi connectivity index (χ0v) is 10.0. The molecule has 3 rings (SSSR count). The predicted molar refractivity (Wildman–Crippen MR) is 65.7 cm³/mol. The van der Waals surface area contributed by atoms with Crippen LogP contribution in [0.4, 0.5) is 0 Å². The summed E-state index contributed by atoms with van der Waals surface area (Å²) in [6.07, 6.45) is 5.91. The first kappa shape index (κ1) is 11.0. The van der Waals surface area contributed by atoms with Crippen LogP contribution in [-0.4, -0.2) is 11.4 Å². The van der Waals surface area contributed by atoms with E-state index in [1.54, 1.807) is 0 Å². The molecule has 17 heavy (non-hydrogen) atoms. The van der Waals surface area contributed by atoms with Gasteiger partial charge >= 0.3 is 0 Å². The Hall–Kier alpha value is -1.15. The Bertz CT molecular complexity index is 404. The van der Waals surface area contributed by atoms with E-state index in [1.165, 1.54) is 6.42 Å². The molecule has 1 aliphatic heterocycles. The monoisotopic (exact) mass is 230 g/mol. The van der Waals surface area contributed by atoms with Crippen LogP contribution in [0.1, 0.15) is 50.2 Å². The van der Waals surface area contributed by atoms with Gasteiger partial charge < -0.3 is 4.74 Å². The summed E-state index contributed by atoms with van der Waals surface area (Å²) in [5, 5.41) is 0. The van der Waals surface area contributed by atoms with Crippen LogP contribution in [0.15, 0.2) is 30.3 Å². The van der Waals surface area contributed by atoms with Crippen LogP contribution in [0.25, 0.3) is 0 Å². The molecule has 0 aromatic heterocycles. The summed E-state index contributed by atoms with van der Waals surface area (Å²) >= 11 is 0. The van der Waals surface area contributed by atoms with Crippen molar-refractivity contribution in [1.29, 1.82) is 0 Å². The molecule has 0 unspecified atom stereocenters. The van der Waals surface area contributed by atoms with Gasteiger partial charge in [-0.15, -0.1) is 0 Å². The second-order valence-electron chi connectivity index (χ2n) is 5.20. The van der Waals surface area contributed by atoms with Crippen molar-refractivity contribution < 1.29 is 9.53 Å². The maximum absolute atomic E-state index is 12.2. The Kier molecular flexibility index (Phi) is 2.75. The Morgan fingerprint density at radius 3 is 2.47 bits per heavy atom. The summed E-state index contributed by atoms with van der Waals surface area (Å²) in [5.41, 5.74) is 0.710. The topological polar surface area (TPSA) is 26.3 Å². The van der Waals surface area contributed by atoms with E-state index in [-0.39, 0.29) is 6.10 Å². The van der Waals surface area contributed by atoms with Gasteiger partial charge in [0.15, 0.2) is 5.78 Å². The smallest absolute Gasteiger partial charge is 0.167 e. The lowest BCUT2D eigenvalue weighted by molar-refractivity contribution is -0.137. The first-order valence-corrected chi connectivity index (χ1v) is 6.56. The van der Waals surface area contributed by atoms with Gasteiger partial charge in [0.05, 0.1) is 6.10 Å². The molecule has 1 saturated carbocycles. The van der Waals surface area contributed by atoms with Crippen LogP contribution in [0.2, 0.25) is 0 Å². The lowest BCUT2D eigenvalue weighted by Gasteiger charge is -2.31. The number of carbonyl (C=O) groups excluding carboxylic acids is 1. The van der Waals surface area contributed by atoms with E-state index in [0.717, 1.165) is 31.2 Å². The maximum atomic E-state index is 12.2. The van der Waals surface area contributed by atoms with Gasteiger partial charge in [-0.1, -0.05) is 49.6 Å². The molecule has 1 aliphatic carbocycles. The van der Waals surface area contributed by atoms with Crippen molar-refractivity contribution in [1.82, 2.24) is 0 Å². The number of ether oxygens (including phenoxy) is 1. The van der Waals surface area contributed by atoms with Crippen molar-refractivity contribution in [3.05, 3.63) is 35.9 Å². The summed E-state index contributed by atoms with van der Waals surface area (Å²) in [4.78, 5) is 12.2. The minimum absolute atomic E-state index is 0.0122. The van der Waals surface area contributed by atoms with E-state index < -0.39 is 5.60 Å². The highest BCUT2D eigenvalue weighted by molar-refractivity contribution is 5.89. The molecule has 2 heteroatoms. The second-order valence-corrected chi connectivity index (χ2v) is 5.20. The van der Waals surface area contributed by atoms with Gasteiger partial charge in [-0.2, -0.15) is 0 Å². The van der Waals surface area contributed by atoms with Crippen molar-refractivity contribution in [2.24, 2.45) is 0 Å². The van der Waals surface area contributed by atoms with Gasteiger partial charge in [-0.25, -0.2) is 0 Å². The number of ketones is 1. The Balaban J connectivity index is 1.82. The Morgan fingerprint density at radius 1 is 1.06 bits per heavy atom. The van der Waals surface area contributed by atoms with Crippen molar-refractivity contribution in [2.45, 2.75) is 50.2 Å². The van der Waals surface area contributed by atoms with Gasteiger partial charge in [0.1, 0.15) is 5.60 Å². The Morgan fingerprint density at radius 2 is 1.76 bits per heavy atom. The standard InChI is InChI=1S/C15H18O2/c16-14-11-13(12-7-3-1-4-8-12)17-15(14)9-5-2-6-10-15/h1,3-4,7-8,13H,2,5-6,9-11H2/t13-/m0/s1. The van der Waals surface area contributed by atoms with Crippen LogP contribution >= 0.6 is 0 Å². The number of carbonyl (C=O) groups is 1. The fourth-order valence-electron chi connectivity index (χ4n) is 3.11. The maximum Gasteiger partial charge on any atom is 0.167 e. The molecule has 2 nitrogen and oxygen atoms in total. The summed E-state index contributed by atoms with van der Waals surface area (Å²) in [7, 11) is 0. The van der Waals surface area contributed by atoms with Gasteiger partial charge in [0.2, 0.25) is 0 Å². The fourth-order valence-corrected chi connectivity index (χ4v) is 3.11. The van der Waals surface area contributed by atoms with Gasteiger partial charge in [0, 0.05) is 6.42 Å². The number of rotatable bonds is 1. The third kappa shape index (κ3) is 1.91. The summed E-state index contributed by atoms with van der Waals surface area (Å²) in [6, 6.07) is 10.1. The molecule has 2 fully saturated rings. The molecule has 90 valence electrons. The summed E-state index contributed by atoms with van der Waals surface area (Å²) in [5.74, 6) is 0.325. The number of Topliss-reactive ketones (excluding diaryl/α,β-unsaturated/α-hetero) is 1. The largest absolute Gasteiger partial charge is 0.359 e. The van der Waals surface area contributed by atoms with E-state index in [2.05, 4.69) is 12.1 Å². The average Bonchev–Trinajstić information content (AvgIpc) is 2.69. The number of hydrogen-bond donors (Lipinski definition) is 0. The molecule has 2 aliphatic rings. The number of hydrogen-bond acceptors (Lipinski definition) is 2. The molecule has 1 saturated heterocycles.